The molecule has 8 heteroatoms. The zero-order valence-electron chi connectivity index (χ0n) is 13.4. The van der Waals surface area contributed by atoms with E-state index in [-0.39, 0.29) is 24.1 Å². The zero-order valence-corrected chi connectivity index (χ0v) is 14.2. The molecule has 130 valence electrons. The number of aromatic nitrogens is 3. The molecule has 1 amide bonds. The predicted octanol–water partition coefficient (Wildman–Crippen LogP) is 2.25. The number of rotatable bonds is 3. The molecule has 2 aromatic rings. The first-order valence-electron chi connectivity index (χ1n) is 8.21. The van der Waals surface area contributed by atoms with Crippen molar-refractivity contribution in [2.24, 2.45) is 11.3 Å². The van der Waals surface area contributed by atoms with Crippen LogP contribution in [0.3, 0.4) is 0 Å². The monoisotopic (exact) mass is 360 g/mol. The van der Waals surface area contributed by atoms with Crippen LogP contribution in [0.25, 0.3) is 5.69 Å². The van der Waals surface area contributed by atoms with Crippen molar-refractivity contribution in [2.75, 3.05) is 13.1 Å². The van der Waals surface area contributed by atoms with E-state index in [0.717, 1.165) is 12.8 Å². The van der Waals surface area contributed by atoms with Gasteiger partial charge in [-0.25, -0.2) is 4.68 Å². The lowest BCUT2D eigenvalue weighted by atomic mass is 9.81. The Hall–Kier alpha value is -2.41. The van der Waals surface area contributed by atoms with Crippen molar-refractivity contribution in [3.8, 4) is 5.69 Å². The first-order chi connectivity index (χ1) is 12.0. The summed E-state index contributed by atoms with van der Waals surface area (Å²) >= 11 is 6.14. The number of carboxylic acids is 1. The van der Waals surface area contributed by atoms with E-state index in [2.05, 4.69) is 10.3 Å². The van der Waals surface area contributed by atoms with E-state index in [1.54, 1.807) is 17.0 Å². The second kappa shape index (κ2) is 5.84. The second-order valence-corrected chi connectivity index (χ2v) is 7.14. The zero-order chi connectivity index (χ0) is 17.6. The molecule has 0 bridgehead atoms. The number of hydrogen-bond donors (Lipinski definition) is 1. The number of nitrogens with zero attached hydrogens (tertiary/aromatic N) is 4. The van der Waals surface area contributed by atoms with Gasteiger partial charge in [-0.3, -0.25) is 9.59 Å². The summed E-state index contributed by atoms with van der Waals surface area (Å²) in [5.41, 5.74) is 0.0328. The third-order valence-electron chi connectivity index (χ3n) is 5.40. The molecular weight excluding hydrogens is 344 g/mol. The first-order valence-corrected chi connectivity index (χ1v) is 8.59. The van der Waals surface area contributed by atoms with Crippen molar-refractivity contribution in [1.82, 2.24) is 19.9 Å². The van der Waals surface area contributed by atoms with Gasteiger partial charge in [-0.2, -0.15) is 0 Å². The lowest BCUT2D eigenvalue weighted by Crippen LogP contribution is -2.37. The number of hydrogen-bond acceptors (Lipinski definition) is 4. The molecule has 2 heterocycles. The fourth-order valence-corrected chi connectivity index (χ4v) is 4.29. The number of aliphatic carboxylic acids is 1. The summed E-state index contributed by atoms with van der Waals surface area (Å²) in [6.45, 7) is 0.703. The van der Waals surface area contributed by atoms with Gasteiger partial charge in [0, 0.05) is 13.1 Å². The van der Waals surface area contributed by atoms with E-state index in [1.807, 2.05) is 12.1 Å². The summed E-state index contributed by atoms with van der Waals surface area (Å²) in [6.07, 6.45) is 3.91. The Morgan fingerprint density at radius 3 is 2.84 bits per heavy atom. The van der Waals surface area contributed by atoms with E-state index in [0.29, 0.717) is 23.7 Å². The number of benzene rings is 1. The minimum absolute atomic E-state index is 0.0209. The lowest BCUT2D eigenvalue weighted by molar-refractivity contribution is -0.149. The first kappa shape index (κ1) is 16.1. The van der Waals surface area contributed by atoms with Crippen LogP contribution in [0.4, 0.5) is 0 Å². The Kier molecular flexibility index (Phi) is 3.76. The number of halogens is 1. The van der Waals surface area contributed by atoms with Gasteiger partial charge in [0.1, 0.15) is 0 Å². The van der Waals surface area contributed by atoms with Crippen LogP contribution in [0, 0.1) is 11.3 Å². The summed E-state index contributed by atoms with van der Waals surface area (Å²) in [5, 5.41) is 18.1. The van der Waals surface area contributed by atoms with Gasteiger partial charge >= 0.3 is 5.97 Å². The molecule has 2 fully saturated rings. The maximum Gasteiger partial charge on any atom is 0.311 e. The Morgan fingerprint density at radius 1 is 1.32 bits per heavy atom. The number of fused-ring (bicyclic) bond motifs is 1. The molecular formula is C17H17ClN4O3. The van der Waals surface area contributed by atoms with Crippen molar-refractivity contribution in [2.45, 2.75) is 19.3 Å². The number of carbonyl (C=O) groups excluding carboxylic acids is 1. The quantitative estimate of drug-likeness (QED) is 0.906. The maximum absolute atomic E-state index is 12.8. The van der Waals surface area contributed by atoms with Gasteiger partial charge in [0.25, 0.3) is 5.91 Å². The van der Waals surface area contributed by atoms with Crippen LogP contribution in [-0.2, 0) is 4.79 Å². The highest BCUT2D eigenvalue weighted by Crippen LogP contribution is 2.49. The topological polar surface area (TPSA) is 88.3 Å². The van der Waals surface area contributed by atoms with E-state index < -0.39 is 11.4 Å². The van der Waals surface area contributed by atoms with Gasteiger partial charge in [-0.05, 0) is 30.9 Å². The largest absolute Gasteiger partial charge is 0.481 e. The Bertz CT molecular complexity index is 852. The van der Waals surface area contributed by atoms with Crippen molar-refractivity contribution in [1.29, 1.82) is 0 Å². The Balaban J connectivity index is 1.57. The molecule has 4 rings (SSSR count). The van der Waals surface area contributed by atoms with Crippen LogP contribution >= 0.6 is 11.6 Å². The van der Waals surface area contributed by atoms with Crippen molar-refractivity contribution in [3.05, 3.63) is 41.2 Å². The van der Waals surface area contributed by atoms with Crippen LogP contribution < -0.4 is 0 Å². The minimum Gasteiger partial charge on any atom is -0.481 e. The number of carbonyl (C=O) groups is 2. The highest BCUT2D eigenvalue weighted by Gasteiger charge is 2.56. The van der Waals surface area contributed by atoms with Crippen LogP contribution in [0.5, 0.6) is 0 Å². The van der Waals surface area contributed by atoms with Gasteiger partial charge < -0.3 is 10.0 Å². The van der Waals surface area contributed by atoms with Crippen molar-refractivity contribution in [3.63, 3.8) is 0 Å². The molecule has 1 aliphatic carbocycles. The SMILES string of the molecule is O=C(c1cn(-c2ccccc2Cl)nn1)N1C[C@@H]2CCC[C@@]2(C(=O)O)C1. The molecule has 2 atom stereocenters. The highest BCUT2D eigenvalue weighted by molar-refractivity contribution is 6.32. The Labute approximate surface area is 149 Å². The van der Waals surface area contributed by atoms with E-state index in [9.17, 15) is 14.7 Å². The van der Waals surface area contributed by atoms with E-state index in [1.165, 1.54) is 10.9 Å². The molecule has 1 saturated heterocycles. The molecule has 1 N–H and O–H groups in total. The molecule has 7 nitrogen and oxygen atoms in total. The smallest absolute Gasteiger partial charge is 0.311 e. The number of para-hydroxylation sites is 1. The normalized spacial score (nSPS) is 25.2. The van der Waals surface area contributed by atoms with Crippen LogP contribution in [0.1, 0.15) is 29.8 Å². The van der Waals surface area contributed by atoms with Gasteiger partial charge in [0.05, 0.1) is 22.3 Å². The van der Waals surface area contributed by atoms with Crippen LogP contribution in [-0.4, -0.2) is 50.0 Å². The standard InChI is InChI=1S/C17H17ClN4O3/c18-12-5-1-2-6-14(12)22-9-13(19-20-22)15(23)21-8-11-4-3-7-17(11,10-21)16(24)25/h1-2,5-6,9,11H,3-4,7-8,10H2,(H,24,25)/t11-,17+/m0/s1. The maximum atomic E-state index is 12.8. The van der Waals surface area contributed by atoms with E-state index in [4.69, 9.17) is 11.6 Å². The summed E-state index contributed by atoms with van der Waals surface area (Å²) in [4.78, 5) is 26.1. The fraction of sp³-hybridized carbons (Fsp3) is 0.412. The molecule has 2 aliphatic rings. The summed E-state index contributed by atoms with van der Waals surface area (Å²) in [6, 6.07) is 7.15. The Morgan fingerprint density at radius 2 is 2.12 bits per heavy atom. The van der Waals surface area contributed by atoms with Gasteiger partial charge in [0.2, 0.25) is 0 Å². The third kappa shape index (κ3) is 2.50. The van der Waals surface area contributed by atoms with Crippen molar-refractivity contribution >= 4 is 23.5 Å². The lowest BCUT2D eigenvalue weighted by Gasteiger charge is -2.22. The molecule has 25 heavy (non-hydrogen) atoms. The molecule has 0 unspecified atom stereocenters. The summed E-state index contributed by atoms with van der Waals surface area (Å²) < 4.78 is 1.46. The molecule has 1 saturated carbocycles. The predicted molar refractivity (Wildman–Crippen MR) is 89.7 cm³/mol. The van der Waals surface area contributed by atoms with Gasteiger partial charge in [-0.15, -0.1) is 5.10 Å². The highest BCUT2D eigenvalue weighted by atomic mass is 35.5. The molecule has 1 aromatic carbocycles. The average Bonchev–Trinajstić information content (AvgIpc) is 3.28. The average molecular weight is 361 g/mol. The van der Waals surface area contributed by atoms with E-state index >= 15 is 0 Å². The molecule has 1 aliphatic heterocycles. The van der Waals surface area contributed by atoms with Crippen LogP contribution in [0.15, 0.2) is 30.5 Å². The minimum atomic E-state index is -0.801. The second-order valence-electron chi connectivity index (χ2n) is 6.74. The summed E-state index contributed by atoms with van der Waals surface area (Å²) in [5.74, 6) is -1.06. The molecule has 0 radical (unpaired) electrons. The summed E-state index contributed by atoms with van der Waals surface area (Å²) in [7, 11) is 0. The van der Waals surface area contributed by atoms with Crippen molar-refractivity contribution < 1.29 is 14.7 Å². The number of likely N-dealkylation sites (tertiary alicyclic amines) is 1. The van der Waals surface area contributed by atoms with Gasteiger partial charge in [-0.1, -0.05) is 35.4 Å². The van der Waals surface area contributed by atoms with Gasteiger partial charge in [0.15, 0.2) is 5.69 Å². The third-order valence-corrected chi connectivity index (χ3v) is 5.72. The van der Waals surface area contributed by atoms with Crippen LogP contribution in [0.2, 0.25) is 5.02 Å². The molecule has 1 aromatic heterocycles. The molecule has 0 spiro atoms. The fourth-order valence-electron chi connectivity index (χ4n) is 4.07. The number of amides is 1. The number of carboxylic acid groups (broad SMARTS) is 1.